The molecule has 0 saturated carbocycles. The highest BCUT2D eigenvalue weighted by Crippen LogP contribution is 2.17. The molecule has 0 heterocycles. The molecule has 0 radical (unpaired) electrons. The summed E-state index contributed by atoms with van der Waals surface area (Å²) in [5, 5.41) is 0. The number of hydrogen-bond acceptors (Lipinski definition) is 3. The summed E-state index contributed by atoms with van der Waals surface area (Å²) < 4.78 is 27.1. The molecule has 0 aliphatic rings. The van der Waals surface area contributed by atoms with Crippen LogP contribution in [0.25, 0.3) is 0 Å². The van der Waals surface area contributed by atoms with Crippen LogP contribution < -0.4 is 10.5 Å². The average molecular weight is 290 g/mol. The summed E-state index contributed by atoms with van der Waals surface area (Å²) in [6, 6.07) is 15.6. The van der Waals surface area contributed by atoms with E-state index in [0.717, 1.165) is 11.1 Å². The minimum atomic E-state index is -3.50. The number of nitrogens with two attached hydrogens (primary N) is 1. The van der Waals surface area contributed by atoms with E-state index >= 15 is 0 Å². The normalized spacial score (nSPS) is 13.1. The van der Waals surface area contributed by atoms with Crippen LogP contribution in [0.2, 0.25) is 0 Å². The van der Waals surface area contributed by atoms with E-state index in [2.05, 4.69) is 4.72 Å². The molecule has 0 aliphatic heterocycles. The topological polar surface area (TPSA) is 72.2 Å². The second-order valence-electron chi connectivity index (χ2n) is 4.60. The monoisotopic (exact) mass is 290 g/mol. The maximum absolute atomic E-state index is 12.2. The number of benzene rings is 2. The molecule has 1 unspecified atom stereocenters. The van der Waals surface area contributed by atoms with Gasteiger partial charge in [-0.2, -0.15) is 0 Å². The molecule has 0 aromatic heterocycles. The lowest BCUT2D eigenvalue weighted by Crippen LogP contribution is -2.26. The molecule has 0 spiro atoms. The quantitative estimate of drug-likeness (QED) is 0.886. The fourth-order valence-corrected chi connectivity index (χ4v) is 3.16. The highest BCUT2D eigenvalue weighted by atomic mass is 32.2. The van der Waals surface area contributed by atoms with E-state index in [4.69, 9.17) is 5.73 Å². The molecule has 0 aliphatic carbocycles. The van der Waals surface area contributed by atoms with Crippen molar-refractivity contribution in [3.63, 3.8) is 0 Å². The first kappa shape index (κ1) is 14.7. The summed E-state index contributed by atoms with van der Waals surface area (Å²) >= 11 is 0. The Bertz CT molecular complexity index is 652. The van der Waals surface area contributed by atoms with E-state index in [0.29, 0.717) is 6.54 Å². The van der Waals surface area contributed by atoms with Crippen LogP contribution in [-0.2, 0) is 16.6 Å². The van der Waals surface area contributed by atoms with Crippen molar-refractivity contribution >= 4 is 10.0 Å². The molecule has 20 heavy (non-hydrogen) atoms. The zero-order valence-corrected chi connectivity index (χ0v) is 12.1. The lowest BCUT2D eigenvalue weighted by molar-refractivity contribution is 0.567. The van der Waals surface area contributed by atoms with Crippen molar-refractivity contribution in [1.29, 1.82) is 0 Å². The largest absolute Gasteiger partial charge is 0.326 e. The predicted octanol–water partition coefficient (Wildman–Crippen LogP) is 2.18. The van der Waals surface area contributed by atoms with Crippen LogP contribution in [0, 0.1) is 0 Å². The van der Waals surface area contributed by atoms with E-state index < -0.39 is 10.0 Å². The van der Waals surface area contributed by atoms with Crippen LogP contribution in [0.3, 0.4) is 0 Å². The predicted molar refractivity (Wildman–Crippen MR) is 79.5 cm³/mol. The highest BCUT2D eigenvalue weighted by Gasteiger charge is 2.17. The van der Waals surface area contributed by atoms with Gasteiger partial charge in [-0.05, 0) is 30.2 Å². The third kappa shape index (κ3) is 3.45. The van der Waals surface area contributed by atoms with Gasteiger partial charge in [0.15, 0.2) is 0 Å². The van der Waals surface area contributed by atoms with Gasteiger partial charge in [0.1, 0.15) is 0 Å². The highest BCUT2D eigenvalue weighted by molar-refractivity contribution is 7.89. The summed E-state index contributed by atoms with van der Waals surface area (Å²) in [6.07, 6.45) is 0. The van der Waals surface area contributed by atoms with Gasteiger partial charge in [-0.25, -0.2) is 13.1 Å². The van der Waals surface area contributed by atoms with Crippen molar-refractivity contribution in [2.45, 2.75) is 24.4 Å². The Labute approximate surface area is 119 Å². The SMILES string of the molecule is CC(NS(=O)(=O)c1ccccc1)c1ccc(CN)cc1. The Kier molecular flexibility index (Phi) is 4.54. The zero-order chi connectivity index (χ0) is 14.6. The molecule has 0 saturated heterocycles. The van der Waals surface area contributed by atoms with E-state index in [1.165, 1.54) is 0 Å². The van der Waals surface area contributed by atoms with Crippen molar-refractivity contribution in [2.24, 2.45) is 5.73 Å². The number of rotatable bonds is 5. The smallest absolute Gasteiger partial charge is 0.241 e. The molecule has 2 aromatic carbocycles. The fourth-order valence-electron chi connectivity index (χ4n) is 1.91. The second kappa shape index (κ2) is 6.17. The Morgan fingerprint density at radius 2 is 1.65 bits per heavy atom. The molecule has 1 atom stereocenters. The van der Waals surface area contributed by atoms with Gasteiger partial charge in [0.2, 0.25) is 10.0 Å². The van der Waals surface area contributed by atoms with Crippen LogP contribution in [-0.4, -0.2) is 8.42 Å². The van der Waals surface area contributed by atoms with Crippen LogP contribution >= 0.6 is 0 Å². The molecule has 2 aromatic rings. The van der Waals surface area contributed by atoms with E-state index in [9.17, 15) is 8.42 Å². The first-order valence-electron chi connectivity index (χ1n) is 6.39. The van der Waals surface area contributed by atoms with Crippen molar-refractivity contribution in [1.82, 2.24) is 4.72 Å². The average Bonchev–Trinajstić information content (AvgIpc) is 2.48. The van der Waals surface area contributed by atoms with Gasteiger partial charge in [-0.3, -0.25) is 0 Å². The summed E-state index contributed by atoms with van der Waals surface area (Å²) in [4.78, 5) is 0.269. The van der Waals surface area contributed by atoms with Crippen LogP contribution in [0.5, 0.6) is 0 Å². The molecule has 0 fully saturated rings. The third-order valence-corrected chi connectivity index (χ3v) is 4.66. The van der Waals surface area contributed by atoms with Crippen molar-refractivity contribution < 1.29 is 8.42 Å². The minimum absolute atomic E-state index is 0.269. The van der Waals surface area contributed by atoms with Gasteiger partial charge < -0.3 is 5.73 Å². The third-order valence-electron chi connectivity index (χ3n) is 3.10. The molecule has 106 valence electrons. The minimum Gasteiger partial charge on any atom is -0.326 e. The van der Waals surface area contributed by atoms with Crippen LogP contribution in [0.4, 0.5) is 0 Å². The Balaban J connectivity index is 2.16. The molecule has 3 N–H and O–H groups in total. The second-order valence-corrected chi connectivity index (χ2v) is 6.32. The molecule has 0 bridgehead atoms. The van der Waals surface area contributed by atoms with E-state index in [1.807, 2.05) is 31.2 Å². The first-order valence-corrected chi connectivity index (χ1v) is 7.87. The maximum Gasteiger partial charge on any atom is 0.241 e. The van der Waals surface area contributed by atoms with Crippen LogP contribution in [0.15, 0.2) is 59.5 Å². The molecular formula is C15H18N2O2S. The van der Waals surface area contributed by atoms with Crippen molar-refractivity contribution in [3.8, 4) is 0 Å². The molecule has 4 nitrogen and oxygen atoms in total. The Hall–Kier alpha value is -1.69. The summed E-state index contributed by atoms with van der Waals surface area (Å²) in [5.74, 6) is 0. The van der Waals surface area contributed by atoms with Crippen molar-refractivity contribution in [2.75, 3.05) is 0 Å². The van der Waals surface area contributed by atoms with Gasteiger partial charge in [0.05, 0.1) is 4.90 Å². The van der Waals surface area contributed by atoms with E-state index in [1.54, 1.807) is 30.3 Å². The molecule has 2 rings (SSSR count). The van der Waals surface area contributed by atoms with Gasteiger partial charge in [-0.15, -0.1) is 0 Å². The van der Waals surface area contributed by atoms with Gasteiger partial charge in [-0.1, -0.05) is 42.5 Å². The van der Waals surface area contributed by atoms with Gasteiger partial charge >= 0.3 is 0 Å². The molecule has 0 amide bonds. The number of hydrogen-bond donors (Lipinski definition) is 2. The summed E-state index contributed by atoms with van der Waals surface area (Å²) in [7, 11) is -3.50. The number of sulfonamides is 1. The first-order chi connectivity index (χ1) is 9.53. The fraction of sp³-hybridized carbons (Fsp3) is 0.200. The lowest BCUT2D eigenvalue weighted by atomic mass is 10.1. The standard InChI is InChI=1S/C15H18N2O2S/c1-12(14-9-7-13(11-16)8-10-14)17-20(18,19)15-5-3-2-4-6-15/h2-10,12,17H,11,16H2,1H3. The number of nitrogens with one attached hydrogen (secondary N) is 1. The van der Waals surface area contributed by atoms with Gasteiger partial charge in [0.25, 0.3) is 0 Å². The van der Waals surface area contributed by atoms with Crippen LogP contribution in [0.1, 0.15) is 24.1 Å². The summed E-state index contributed by atoms with van der Waals surface area (Å²) in [5.41, 5.74) is 7.47. The summed E-state index contributed by atoms with van der Waals surface area (Å²) in [6.45, 7) is 2.29. The zero-order valence-electron chi connectivity index (χ0n) is 11.3. The van der Waals surface area contributed by atoms with Crippen molar-refractivity contribution in [3.05, 3.63) is 65.7 Å². The Morgan fingerprint density at radius 3 is 2.20 bits per heavy atom. The Morgan fingerprint density at radius 1 is 1.05 bits per heavy atom. The maximum atomic E-state index is 12.2. The van der Waals surface area contributed by atoms with Gasteiger partial charge in [0, 0.05) is 12.6 Å². The molecular weight excluding hydrogens is 272 g/mol. The van der Waals surface area contributed by atoms with E-state index in [-0.39, 0.29) is 10.9 Å². The lowest BCUT2D eigenvalue weighted by Gasteiger charge is -2.15. The molecule has 5 heteroatoms.